The number of likely N-dealkylation sites (N-methyl/N-ethyl adjacent to an activating group) is 1. The zero-order valence-corrected chi connectivity index (χ0v) is 12.1. The Morgan fingerprint density at radius 3 is 2.85 bits per heavy atom. The first-order chi connectivity index (χ1) is 9.69. The maximum Gasteiger partial charge on any atom is 0.318 e. The van der Waals surface area contributed by atoms with Crippen molar-refractivity contribution < 1.29 is 9.21 Å². The third-order valence-corrected chi connectivity index (χ3v) is 4.07. The highest BCUT2D eigenvalue weighted by molar-refractivity contribution is 5.83. The summed E-state index contributed by atoms with van der Waals surface area (Å²) in [6.07, 6.45) is 1.79. The molecule has 0 N–H and O–H groups in total. The predicted molar refractivity (Wildman–Crippen MR) is 73.5 cm³/mol. The van der Waals surface area contributed by atoms with Gasteiger partial charge in [-0.1, -0.05) is 12.0 Å². The van der Waals surface area contributed by atoms with Crippen LogP contribution in [-0.4, -0.2) is 71.7 Å². The summed E-state index contributed by atoms with van der Waals surface area (Å²) in [7, 11) is 1.87. The van der Waals surface area contributed by atoms with Crippen LogP contribution in [0.1, 0.15) is 19.2 Å². The number of carbonyl (C=O) groups excluding carboxylic acids is 1. The van der Waals surface area contributed by atoms with Crippen LogP contribution in [0.5, 0.6) is 0 Å². The Balaban J connectivity index is 1.71. The maximum atomic E-state index is 12.2. The molecule has 1 amide bonds. The van der Waals surface area contributed by atoms with E-state index >= 15 is 0 Å². The molecule has 1 atom stereocenters. The summed E-state index contributed by atoms with van der Waals surface area (Å²) in [6.45, 7) is 6.19. The zero-order chi connectivity index (χ0) is 14.1. The lowest BCUT2D eigenvalue weighted by Gasteiger charge is -2.44. The SMILES string of the molecule is CCCc1nnc(N2CCN3CCN(C)C(=O)[C@@H]3C2)o1. The fourth-order valence-electron chi connectivity index (χ4n) is 2.83. The van der Waals surface area contributed by atoms with E-state index in [2.05, 4.69) is 22.0 Å². The lowest BCUT2D eigenvalue weighted by atomic mass is 10.1. The Bertz CT molecular complexity index is 489. The van der Waals surface area contributed by atoms with E-state index in [-0.39, 0.29) is 11.9 Å². The number of carbonyl (C=O) groups is 1. The van der Waals surface area contributed by atoms with Gasteiger partial charge in [-0.3, -0.25) is 9.69 Å². The van der Waals surface area contributed by atoms with Crippen molar-refractivity contribution in [2.24, 2.45) is 0 Å². The molecule has 0 aromatic carbocycles. The largest absolute Gasteiger partial charge is 0.408 e. The molecule has 2 aliphatic heterocycles. The molecule has 0 spiro atoms. The van der Waals surface area contributed by atoms with E-state index in [1.807, 2.05) is 11.9 Å². The van der Waals surface area contributed by atoms with Gasteiger partial charge in [0.15, 0.2) is 0 Å². The number of rotatable bonds is 3. The van der Waals surface area contributed by atoms with Crippen molar-refractivity contribution in [2.45, 2.75) is 25.8 Å². The van der Waals surface area contributed by atoms with E-state index in [4.69, 9.17) is 4.42 Å². The van der Waals surface area contributed by atoms with E-state index < -0.39 is 0 Å². The average molecular weight is 279 g/mol. The summed E-state index contributed by atoms with van der Waals surface area (Å²) in [6, 6.07) is 0.471. The Labute approximate surface area is 118 Å². The number of anilines is 1. The van der Waals surface area contributed by atoms with Crippen LogP contribution in [0, 0.1) is 0 Å². The molecule has 0 radical (unpaired) electrons. The zero-order valence-electron chi connectivity index (χ0n) is 12.1. The van der Waals surface area contributed by atoms with Gasteiger partial charge in [0.25, 0.3) is 0 Å². The van der Waals surface area contributed by atoms with Gasteiger partial charge in [0.1, 0.15) is 6.04 Å². The van der Waals surface area contributed by atoms with Gasteiger partial charge >= 0.3 is 6.01 Å². The highest BCUT2D eigenvalue weighted by Gasteiger charge is 2.38. The second-order valence-electron chi connectivity index (χ2n) is 5.49. The first-order valence-corrected chi connectivity index (χ1v) is 7.25. The summed E-state index contributed by atoms with van der Waals surface area (Å²) in [4.78, 5) is 18.3. The molecule has 2 saturated heterocycles. The maximum absolute atomic E-state index is 12.2. The van der Waals surface area contributed by atoms with Crippen LogP contribution in [0.4, 0.5) is 6.01 Å². The summed E-state index contributed by atoms with van der Waals surface area (Å²) in [5.41, 5.74) is 0. The van der Waals surface area contributed by atoms with Crippen LogP contribution in [0.3, 0.4) is 0 Å². The molecule has 2 aliphatic rings. The third kappa shape index (κ3) is 2.37. The van der Waals surface area contributed by atoms with Crippen molar-refractivity contribution >= 4 is 11.9 Å². The second-order valence-corrected chi connectivity index (χ2v) is 5.49. The number of aryl methyl sites for hydroxylation is 1. The molecule has 0 bridgehead atoms. The average Bonchev–Trinajstić information content (AvgIpc) is 2.92. The van der Waals surface area contributed by atoms with Crippen LogP contribution >= 0.6 is 0 Å². The third-order valence-electron chi connectivity index (χ3n) is 4.07. The summed E-state index contributed by atoms with van der Waals surface area (Å²) >= 11 is 0. The van der Waals surface area contributed by atoms with Gasteiger partial charge in [-0.2, -0.15) is 0 Å². The van der Waals surface area contributed by atoms with Gasteiger partial charge in [-0.05, 0) is 6.42 Å². The molecule has 7 heteroatoms. The lowest BCUT2D eigenvalue weighted by Crippen LogP contribution is -2.64. The van der Waals surface area contributed by atoms with E-state index in [9.17, 15) is 4.79 Å². The molecule has 3 heterocycles. The van der Waals surface area contributed by atoms with Crippen molar-refractivity contribution in [3.05, 3.63) is 5.89 Å². The molecular formula is C13H21N5O2. The molecule has 7 nitrogen and oxygen atoms in total. The van der Waals surface area contributed by atoms with Crippen molar-refractivity contribution in [1.29, 1.82) is 0 Å². The summed E-state index contributed by atoms with van der Waals surface area (Å²) in [5, 5.41) is 8.16. The minimum Gasteiger partial charge on any atom is -0.408 e. The first kappa shape index (κ1) is 13.4. The molecule has 20 heavy (non-hydrogen) atoms. The fraction of sp³-hybridized carbons (Fsp3) is 0.769. The van der Waals surface area contributed by atoms with Gasteiger partial charge in [-0.25, -0.2) is 0 Å². The van der Waals surface area contributed by atoms with Gasteiger partial charge in [0.05, 0.1) is 0 Å². The number of hydrogen-bond donors (Lipinski definition) is 0. The number of aromatic nitrogens is 2. The monoisotopic (exact) mass is 279 g/mol. The molecule has 2 fully saturated rings. The Kier molecular flexibility index (Phi) is 3.60. The first-order valence-electron chi connectivity index (χ1n) is 7.25. The number of nitrogens with zero attached hydrogens (tertiary/aromatic N) is 5. The molecule has 3 rings (SSSR count). The fourth-order valence-corrected chi connectivity index (χ4v) is 2.83. The Morgan fingerprint density at radius 2 is 2.05 bits per heavy atom. The van der Waals surface area contributed by atoms with Gasteiger partial charge in [0, 0.05) is 46.2 Å². The highest BCUT2D eigenvalue weighted by atomic mass is 16.4. The van der Waals surface area contributed by atoms with Gasteiger partial charge < -0.3 is 14.2 Å². The Morgan fingerprint density at radius 1 is 1.25 bits per heavy atom. The lowest BCUT2D eigenvalue weighted by molar-refractivity contribution is -0.140. The number of amides is 1. The van der Waals surface area contributed by atoms with Crippen molar-refractivity contribution in [3.8, 4) is 0 Å². The van der Waals surface area contributed by atoms with Crippen molar-refractivity contribution in [3.63, 3.8) is 0 Å². The quantitative estimate of drug-likeness (QED) is 0.775. The normalized spacial score (nSPS) is 24.1. The standard InChI is InChI=1S/C13H21N5O2/c1-3-4-11-14-15-13(20-11)18-8-7-17-6-5-16(2)12(19)10(17)9-18/h10H,3-9H2,1-2H3/t10-/m0/s1. The van der Waals surface area contributed by atoms with Crippen molar-refractivity contribution in [2.75, 3.05) is 44.7 Å². The number of hydrogen-bond acceptors (Lipinski definition) is 6. The minimum atomic E-state index is -0.0796. The highest BCUT2D eigenvalue weighted by Crippen LogP contribution is 2.21. The molecule has 0 unspecified atom stereocenters. The van der Waals surface area contributed by atoms with Crippen LogP contribution < -0.4 is 4.90 Å². The molecule has 0 aliphatic carbocycles. The van der Waals surface area contributed by atoms with Crippen LogP contribution in [0.15, 0.2) is 4.42 Å². The summed E-state index contributed by atoms with van der Waals surface area (Å²) in [5.74, 6) is 0.867. The molecule has 1 aromatic rings. The topological polar surface area (TPSA) is 65.7 Å². The number of fused-ring (bicyclic) bond motifs is 1. The van der Waals surface area contributed by atoms with E-state index in [0.29, 0.717) is 18.5 Å². The molecule has 1 aromatic heterocycles. The van der Waals surface area contributed by atoms with Gasteiger partial charge in [-0.15, -0.1) is 5.10 Å². The van der Waals surface area contributed by atoms with Crippen LogP contribution in [0.25, 0.3) is 0 Å². The van der Waals surface area contributed by atoms with Crippen molar-refractivity contribution in [1.82, 2.24) is 20.0 Å². The molecule has 110 valence electrons. The van der Waals surface area contributed by atoms with Gasteiger partial charge in [0.2, 0.25) is 11.8 Å². The molecular weight excluding hydrogens is 258 g/mol. The second kappa shape index (κ2) is 5.40. The smallest absolute Gasteiger partial charge is 0.318 e. The minimum absolute atomic E-state index is 0.0796. The Hall–Kier alpha value is -1.63. The van der Waals surface area contributed by atoms with E-state index in [1.165, 1.54) is 0 Å². The van der Waals surface area contributed by atoms with E-state index in [1.54, 1.807) is 4.90 Å². The van der Waals surface area contributed by atoms with Crippen LogP contribution in [0.2, 0.25) is 0 Å². The summed E-state index contributed by atoms with van der Waals surface area (Å²) < 4.78 is 5.67. The molecule has 0 saturated carbocycles. The number of piperazine rings is 2. The van der Waals surface area contributed by atoms with E-state index in [0.717, 1.165) is 39.0 Å². The van der Waals surface area contributed by atoms with Crippen LogP contribution in [-0.2, 0) is 11.2 Å². The predicted octanol–water partition coefficient (Wildman–Crippen LogP) is -0.0153.